The first-order valence-corrected chi connectivity index (χ1v) is 7.75. The molecule has 2 fully saturated rings. The molecule has 2 rings (SSSR count). The molecular weight excluding hydrogens is 222 g/mol. The van der Waals surface area contributed by atoms with Crippen LogP contribution in [0.1, 0.15) is 59.3 Å². The van der Waals surface area contributed by atoms with Crippen LogP contribution in [0.5, 0.6) is 0 Å². The average molecular weight is 251 g/mol. The number of hydrogen-bond acceptors (Lipinski definition) is 2. The second kappa shape index (κ2) is 5.73. The van der Waals surface area contributed by atoms with Crippen molar-refractivity contribution in [3.8, 4) is 0 Å². The van der Waals surface area contributed by atoms with Crippen LogP contribution in [0.3, 0.4) is 0 Å². The van der Waals surface area contributed by atoms with Crippen LogP contribution < -0.4 is 0 Å². The Morgan fingerprint density at radius 1 is 1.33 bits per heavy atom. The van der Waals surface area contributed by atoms with Crippen molar-refractivity contribution in [1.29, 1.82) is 0 Å². The first-order valence-electron chi connectivity index (χ1n) is 7.75. The molecule has 0 radical (unpaired) electrons. The fraction of sp³-hybridized carbons (Fsp3) is 0.938. The Morgan fingerprint density at radius 3 is 2.56 bits per heavy atom. The standard InChI is InChI=1S/C16H29NO/c1-13(2)17(10-15-6-7-15)11-16(12-18)8-4-5-14(3)9-16/h12-15H,4-11H2,1-3H3. The molecule has 0 heterocycles. The number of nitrogens with zero attached hydrogens (tertiary/aromatic N) is 1. The predicted octanol–water partition coefficient (Wildman–Crippen LogP) is 3.50. The van der Waals surface area contributed by atoms with Gasteiger partial charge >= 0.3 is 0 Å². The maximum Gasteiger partial charge on any atom is 0.127 e. The summed E-state index contributed by atoms with van der Waals surface area (Å²) in [6, 6.07) is 0.569. The maximum atomic E-state index is 11.7. The van der Waals surface area contributed by atoms with E-state index >= 15 is 0 Å². The number of carbonyl (C=O) groups is 1. The average Bonchev–Trinajstić information content (AvgIpc) is 3.12. The van der Waals surface area contributed by atoms with Gasteiger partial charge in [0.2, 0.25) is 0 Å². The van der Waals surface area contributed by atoms with Crippen LogP contribution in [0.15, 0.2) is 0 Å². The van der Waals surface area contributed by atoms with Crippen LogP contribution in [-0.2, 0) is 4.79 Å². The van der Waals surface area contributed by atoms with Crippen molar-refractivity contribution in [1.82, 2.24) is 4.90 Å². The highest BCUT2D eigenvalue weighted by atomic mass is 16.1. The summed E-state index contributed by atoms with van der Waals surface area (Å²) >= 11 is 0. The Morgan fingerprint density at radius 2 is 2.06 bits per heavy atom. The minimum absolute atomic E-state index is 0.0448. The molecule has 0 bridgehead atoms. The summed E-state index contributed by atoms with van der Waals surface area (Å²) in [4.78, 5) is 14.2. The smallest absolute Gasteiger partial charge is 0.127 e. The van der Waals surface area contributed by atoms with E-state index in [4.69, 9.17) is 0 Å². The molecule has 0 amide bonds. The lowest BCUT2D eigenvalue weighted by molar-refractivity contribution is -0.120. The van der Waals surface area contributed by atoms with Gasteiger partial charge in [0.1, 0.15) is 6.29 Å². The van der Waals surface area contributed by atoms with Gasteiger partial charge in [0.05, 0.1) is 0 Å². The van der Waals surface area contributed by atoms with Gasteiger partial charge in [0.25, 0.3) is 0 Å². The largest absolute Gasteiger partial charge is 0.303 e. The molecule has 0 aromatic carbocycles. The Hall–Kier alpha value is -0.370. The van der Waals surface area contributed by atoms with Crippen molar-refractivity contribution in [2.75, 3.05) is 13.1 Å². The minimum Gasteiger partial charge on any atom is -0.303 e. The van der Waals surface area contributed by atoms with Gasteiger partial charge in [-0.3, -0.25) is 4.90 Å². The number of rotatable bonds is 6. The van der Waals surface area contributed by atoms with Crippen LogP contribution in [0.25, 0.3) is 0 Å². The Bertz CT molecular complexity index is 285. The molecule has 2 saturated carbocycles. The van der Waals surface area contributed by atoms with E-state index in [1.54, 1.807) is 0 Å². The van der Waals surface area contributed by atoms with Gasteiger partial charge in [0.15, 0.2) is 0 Å². The molecule has 0 saturated heterocycles. The fourth-order valence-corrected chi connectivity index (χ4v) is 3.48. The van der Waals surface area contributed by atoms with Crippen LogP contribution >= 0.6 is 0 Å². The van der Waals surface area contributed by atoms with E-state index in [1.165, 1.54) is 38.5 Å². The number of carbonyl (C=O) groups excluding carboxylic acids is 1. The third-order valence-corrected chi connectivity index (χ3v) is 4.81. The van der Waals surface area contributed by atoms with E-state index < -0.39 is 0 Å². The van der Waals surface area contributed by atoms with E-state index in [2.05, 4.69) is 25.7 Å². The lowest BCUT2D eigenvalue weighted by Gasteiger charge is -2.41. The monoisotopic (exact) mass is 251 g/mol. The Labute approximate surface area is 112 Å². The van der Waals surface area contributed by atoms with Gasteiger partial charge in [-0.15, -0.1) is 0 Å². The molecule has 0 spiro atoms. The summed E-state index contributed by atoms with van der Waals surface area (Å²) in [6.07, 6.45) is 8.82. The topological polar surface area (TPSA) is 20.3 Å². The lowest BCUT2D eigenvalue weighted by Crippen LogP contribution is -2.45. The molecule has 18 heavy (non-hydrogen) atoms. The quantitative estimate of drug-likeness (QED) is 0.673. The summed E-state index contributed by atoms with van der Waals surface area (Å²) in [5.41, 5.74) is -0.0448. The van der Waals surface area contributed by atoms with E-state index in [0.29, 0.717) is 6.04 Å². The Balaban J connectivity index is 1.99. The molecule has 0 aliphatic heterocycles. The second-order valence-electron chi connectivity index (χ2n) is 7.15. The zero-order valence-electron chi connectivity index (χ0n) is 12.3. The van der Waals surface area contributed by atoms with Crippen molar-refractivity contribution >= 4 is 6.29 Å². The predicted molar refractivity (Wildman–Crippen MR) is 75.6 cm³/mol. The van der Waals surface area contributed by atoms with Crippen molar-refractivity contribution in [3.63, 3.8) is 0 Å². The summed E-state index contributed by atoms with van der Waals surface area (Å²) < 4.78 is 0. The van der Waals surface area contributed by atoms with Gasteiger partial charge in [0, 0.05) is 24.5 Å². The highest BCUT2D eigenvalue weighted by Crippen LogP contribution is 2.39. The lowest BCUT2D eigenvalue weighted by atomic mass is 9.70. The van der Waals surface area contributed by atoms with E-state index in [0.717, 1.165) is 31.2 Å². The highest BCUT2D eigenvalue weighted by molar-refractivity contribution is 5.60. The van der Waals surface area contributed by atoms with Crippen molar-refractivity contribution in [2.24, 2.45) is 17.3 Å². The summed E-state index contributed by atoms with van der Waals surface area (Å²) in [7, 11) is 0. The molecule has 2 heteroatoms. The van der Waals surface area contributed by atoms with Gasteiger partial charge in [-0.2, -0.15) is 0 Å². The normalized spacial score (nSPS) is 33.1. The van der Waals surface area contributed by atoms with Crippen molar-refractivity contribution in [3.05, 3.63) is 0 Å². The number of aldehydes is 1. The zero-order chi connectivity index (χ0) is 13.2. The van der Waals surface area contributed by atoms with Crippen molar-refractivity contribution in [2.45, 2.75) is 65.3 Å². The zero-order valence-corrected chi connectivity index (χ0v) is 12.3. The highest BCUT2D eigenvalue weighted by Gasteiger charge is 2.38. The molecule has 0 aromatic heterocycles. The SMILES string of the molecule is CC1CCCC(C=O)(CN(CC2CC2)C(C)C)C1. The van der Waals surface area contributed by atoms with Gasteiger partial charge < -0.3 is 4.79 Å². The van der Waals surface area contributed by atoms with Crippen molar-refractivity contribution < 1.29 is 4.79 Å². The van der Waals surface area contributed by atoms with E-state index in [-0.39, 0.29) is 5.41 Å². The van der Waals surface area contributed by atoms with Crippen LogP contribution in [0.4, 0.5) is 0 Å². The molecule has 2 atom stereocenters. The van der Waals surface area contributed by atoms with E-state index in [1.807, 2.05) is 0 Å². The summed E-state index contributed by atoms with van der Waals surface area (Å²) in [6.45, 7) is 9.05. The first-order chi connectivity index (χ1) is 8.54. The summed E-state index contributed by atoms with van der Waals surface area (Å²) in [5, 5.41) is 0. The molecule has 2 nitrogen and oxygen atoms in total. The van der Waals surface area contributed by atoms with E-state index in [9.17, 15) is 4.79 Å². The summed E-state index contributed by atoms with van der Waals surface area (Å²) in [5.74, 6) is 1.64. The molecular formula is C16H29NO. The maximum absolute atomic E-state index is 11.7. The molecule has 104 valence electrons. The van der Waals surface area contributed by atoms with Gasteiger partial charge in [-0.05, 0) is 51.4 Å². The van der Waals surface area contributed by atoms with Crippen LogP contribution in [0.2, 0.25) is 0 Å². The molecule has 0 aromatic rings. The molecule has 2 aliphatic rings. The number of hydrogen-bond donors (Lipinski definition) is 0. The van der Waals surface area contributed by atoms with Crippen LogP contribution in [0, 0.1) is 17.3 Å². The third kappa shape index (κ3) is 3.57. The second-order valence-corrected chi connectivity index (χ2v) is 7.15. The third-order valence-electron chi connectivity index (χ3n) is 4.81. The van der Waals surface area contributed by atoms with Crippen LogP contribution in [-0.4, -0.2) is 30.3 Å². The molecule has 2 unspecified atom stereocenters. The Kier molecular flexibility index (Phi) is 4.47. The van der Waals surface area contributed by atoms with Gasteiger partial charge in [-0.25, -0.2) is 0 Å². The first kappa shape index (κ1) is 14.0. The molecule has 2 aliphatic carbocycles. The van der Waals surface area contributed by atoms with Gasteiger partial charge in [-0.1, -0.05) is 19.8 Å². The molecule has 0 N–H and O–H groups in total. The minimum atomic E-state index is -0.0448. The fourth-order valence-electron chi connectivity index (χ4n) is 3.48.